The van der Waals surface area contributed by atoms with E-state index in [0.29, 0.717) is 0 Å². The second-order valence-corrected chi connectivity index (χ2v) is 9.31. The standard InChI is InChI=1S/C20H20N6O10S/c1-25-19(22-23-24-25)37(34)8-10-7-36-18-20(35-2,17(33)26(18)13(10)16(31)32)21-14(28)12(15(29)30)9-3-5-11(27)6-4-9/h3-6,12,18,27H,7-8H2,1-2H3,(H,21,28)(H,29,30)(H,31,32)/t12?,18-,20+,37?/m1/s1. The van der Waals surface area contributed by atoms with Crippen LogP contribution in [0, 0.1) is 0 Å². The van der Waals surface area contributed by atoms with Crippen molar-refractivity contribution in [3.8, 4) is 5.75 Å². The molecule has 2 amide bonds. The predicted octanol–water partition coefficient (Wildman–Crippen LogP) is -2.11. The zero-order valence-corrected chi connectivity index (χ0v) is 20.0. The van der Waals surface area contributed by atoms with Crippen molar-refractivity contribution in [2.45, 2.75) is 23.0 Å². The topological polar surface area (TPSA) is 223 Å². The van der Waals surface area contributed by atoms with Gasteiger partial charge in [0, 0.05) is 14.2 Å². The van der Waals surface area contributed by atoms with E-state index in [0.717, 1.165) is 16.7 Å². The number of carbonyl (C=O) groups excluding carboxylic acids is 2. The molecule has 4 rings (SSSR count). The van der Waals surface area contributed by atoms with Crippen LogP contribution in [-0.4, -0.2) is 99.8 Å². The molecule has 2 aliphatic heterocycles. The molecule has 0 radical (unpaired) electrons. The number of amides is 2. The van der Waals surface area contributed by atoms with Crippen molar-refractivity contribution in [1.82, 2.24) is 30.4 Å². The highest BCUT2D eigenvalue weighted by atomic mass is 32.2. The Labute approximate surface area is 209 Å². The number of carbonyl (C=O) groups is 4. The van der Waals surface area contributed by atoms with Crippen molar-refractivity contribution in [2.75, 3.05) is 19.5 Å². The highest BCUT2D eigenvalue weighted by molar-refractivity contribution is 7.85. The fraction of sp³-hybridized carbons (Fsp3) is 0.350. The number of tetrazole rings is 1. The lowest BCUT2D eigenvalue weighted by molar-refractivity contribution is -0.258. The van der Waals surface area contributed by atoms with Crippen molar-refractivity contribution in [3.63, 3.8) is 0 Å². The monoisotopic (exact) mass is 536 g/mol. The molecule has 0 aliphatic carbocycles. The van der Waals surface area contributed by atoms with Gasteiger partial charge in [0.25, 0.3) is 11.6 Å². The van der Waals surface area contributed by atoms with Crippen LogP contribution in [0.4, 0.5) is 0 Å². The highest BCUT2D eigenvalue weighted by Gasteiger charge is 2.68. The molecule has 2 aromatic rings. The first kappa shape index (κ1) is 25.9. The summed E-state index contributed by atoms with van der Waals surface area (Å²) in [6.45, 7) is -0.394. The molecule has 0 bridgehead atoms. The molecule has 37 heavy (non-hydrogen) atoms. The SMILES string of the molecule is CO[C@@]1(NC(=O)C(C(=O)O)c2ccc(O)cc2)C(=O)N2C(C(=O)O)=C(CS(=O)c3nnnn3C)CO[C@@H]21. The summed E-state index contributed by atoms with van der Waals surface area (Å²) in [6, 6.07) is 4.84. The lowest BCUT2D eigenvalue weighted by Gasteiger charge is -2.55. The second kappa shape index (κ2) is 9.68. The number of carboxylic acids is 2. The average molecular weight is 536 g/mol. The van der Waals surface area contributed by atoms with Gasteiger partial charge in [0.05, 0.1) is 23.2 Å². The molecule has 3 heterocycles. The first-order valence-electron chi connectivity index (χ1n) is 10.4. The van der Waals surface area contributed by atoms with Crippen molar-refractivity contribution in [3.05, 3.63) is 41.1 Å². The molecular weight excluding hydrogens is 516 g/mol. The number of aromatic hydroxyl groups is 1. The van der Waals surface area contributed by atoms with Crippen LogP contribution in [0.25, 0.3) is 0 Å². The maximum atomic E-state index is 13.2. The molecule has 196 valence electrons. The number of hydrogen-bond acceptors (Lipinski definition) is 11. The van der Waals surface area contributed by atoms with Crippen molar-refractivity contribution >= 4 is 34.6 Å². The number of phenols is 1. The van der Waals surface area contributed by atoms with Gasteiger partial charge in [-0.25, -0.2) is 9.48 Å². The lowest BCUT2D eigenvalue weighted by atomic mass is 9.92. The van der Waals surface area contributed by atoms with Gasteiger partial charge < -0.3 is 30.1 Å². The number of carboxylic acid groups (broad SMARTS) is 2. The maximum Gasteiger partial charge on any atom is 0.352 e. The molecule has 0 saturated carbocycles. The van der Waals surface area contributed by atoms with Crippen LogP contribution in [-0.2, 0) is 46.5 Å². The van der Waals surface area contributed by atoms with Gasteiger partial charge in [0.2, 0.25) is 11.1 Å². The molecule has 2 aliphatic rings. The van der Waals surface area contributed by atoms with Gasteiger partial charge in [-0.3, -0.25) is 23.5 Å². The Morgan fingerprint density at radius 1 is 1.30 bits per heavy atom. The number of aryl methyl sites for hydroxylation is 1. The Morgan fingerprint density at radius 2 is 1.97 bits per heavy atom. The number of hydrogen-bond donors (Lipinski definition) is 4. The highest BCUT2D eigenvalue weighted by Crippen LogP contribution is 2.41. The van der Waals surface area contributed by atoms with E-state index < -0.39 is 64.7 Å². The zero-order chi connectivity index (χ0) is 27.1. The quantitative estimate of drug-likeness (QED) is 0.153. The maximum absolute atomic E-state index is 13.2. The number of nitrogens with one attached hydrogen (secondary N) is 1. The minimum Gasteiger partial charge on any atom is -0.508 e. The van der Waals surface area contributed by atoms with Gasteiger partial charge in [0.1, 0.15) is 11.4 Å². The first-order chi connectivity index (χ1) is 17.5. The van der Waals surface area contributed by atoms with Crippen LogP contribution in [0.3, 0.4) is 0 Å². The number of methoxy groups -OCH3 is 1. The zero-order valence-electron chi connectivity index (χ0n) is 19.2. The summed E-state index contributed by atoms with van der Waals surface area (Å²) in [5.41, 5.74) is -2.72. The van der Waals surface area contributed by atoms with Gasteiger partial charge >= 0.3 is 11.9 Å². The molecule has 1 saturated heterocycles. The second-order valence-electron chi connectivity index (χ2n) is 7.96. The predicted molar refractivity (Wildman–Crippen MR) is 118 cm³/mol. The van der Waals surface area contributed by atoms with E-state index >= 15 is 0 Å². The van der Waals surface area contributed by atoms with Crippen molar-refractivity contribution in [2.24, 2.45) is 7.05 Å². The third-order valence-electron chi connectivity index (χ3n) is 5.77. The molecule has 1 fully saturated rings. The van der Waals surface area contributed by atoms with E-state index in [-0.39, 0.29) is 27.8 Å². The minimum absolute atomic E-state index is 0.00182. The first-order valence-corrected chi connectivity index (χ1v) is 11.7. The molecule has 1 aromatic heterocycles. The summed E-state index contributed by atoms with van der Waals surface area (Å²) in [5, 5.41) is 41.7. The van der Waals surface area contributed by atoms with Crippen LogP contribution in [0.1, 0.15) is 11.5 Å². The molecule has 16 nitrogen and oxygen atoms in total. The number of benzene rings is 1. The molecule has 2 unspecified atom stereocenters. The minimum atomic E-state index is -2.22. The van der Waals surface area contributed by atoms with Crippen LogP contribution in [0.15, 0.2) is 40.7 Å². The van der Waals surface area contributed by atoms with Crippen molar-refractivity contribution < 1.29 is 48.2 Å². The number of nitrogens with zero attached hydrogens (tertiary/aromatic N) is 5. The number of aromatic nitrogens is 4. The molecule has 17 heteroatoms. The Balaban J connectivity index is 1.61. The van der Waals surface area contributed by atoms with E-state index in [1.165, 1.54) is 31.3 Å². The van der Waals surface area contributed by atoms with Gasteiger partial charge in [-0.15, -0.1) is 0 Å². The van der Waals surface area contributed by atoms with Gasteiger partial charge in [0.15, 0.2) is 12.1 Å². The van der Waals surface area contributed by atoms with Crippen LogP contribution >= 0.6 is 0 Å². The Bertz CT molecular complexity index is 1340. The number of fused-ring (bicyclic) bond motifs is 1. The normalized spacial score (nSPS) is 22.6. The third kappa shape index (κ3) is 4.32. The van der Waals surface area contributed by atoms with Crippen LogP contribution in [0.5, 0.6) is 5.75 Å². The Morgan fingerprint density at radius 3 is 2.51 bits per heavy atom. The molecule has 0 spiro atoms. The summed E-state index contributed by atoms with van der Waals surface area (Å²) in [5.74, 6) is -7.54. The van der Waals surface area contributed by atoms with E-state index in [9.17, 15) is 38.7 Å². The molecular formula is C20H20N6O10S. The fourth-order valence-corrected chi connectivity index (χ4v) is 5.14. The van der Waals surface area contributed by atoms with E-state index in [1.807, 2.05) is 0 Å². The van der Waals surface area contributed by atoms with E-state index in [1.54, 1.807) is 0 Å². The molecule has 4 atom stereocenters. The number of aliphatic carboxylic acids is 2. The van der Waals surface area contributed by atoms with Gasteiger partial charge in [-0.1, -0.05) is 17.2 Å². The summed E-state index contributed by atoms with van der Waals surface area (Å²) in [6.07, 6.45) is -1.46. The third-order valence-corrected chi connectivity index (χ3v) is 7.13. The summed E-state index contributed by atoms with van der Waals surface area (Å²) in [4.78, 5) is 50.9. The van der Waals surface area contributed by atoms with E-state index in [2.05, 4.69) is 20.8 Å². The smallest absolute Gasteiger partial charge is 0.352 e. The van der Waals surface area contributed by atoms with Gasteiger partial charge in [-0.05, 0) is 33.7 Å². The molecule has 4 N–H and O–H groups in total. The molecule has 1 aromatic carbocycles. The van der Waals surface area contributed by atoms with Crippen LogP contribution in [0.2, 0.25) is 0 Å². The van der Waals surface area contributed by atoms with Crippen LogP contribution < -0.4 is 5.32 Å². The number of rotatable bonds is 9. The number of β-lactam (4-membered cyclic amide) rings is 1. The average Bonchev–Trinajstić information content (AvgIpc) is 3.28. The largest absolute Gasteiger partial charge is 0.508 e. The summed E-state index contributed by atoms with van der Waals surface area (Å²) >= 11 is 0. The number of phenolic OH excluding ortho intramolecular Hbond substituents is 1. The van der Waals surface area contributed by atoms with E-state index in [4.69, 9.17) is 9.47 Å². The fourth-order valence-electron chi connectivity index (χ4n) is 4.02. The Hall–Kier alpha value is -4.22. The summed E-state index contributed by atoms with van der Waals surface area (Å²) < 4.78 is 24.7. The van der Waals surface area contributed by atoms with Crippen molar-refractivity contribution in [1.29, 1.82) is 0 Å². The lowest BCUT2D eigenvalue weighted by Crippen LogP contribution is -2.82. The van der Waals surface area contributed by atoms with Gasteiger partial charge in [-0.2, -0.15) is 0 Å². The Kier molecular flexibility index (Phi) is 6.76. The summed E-state index contributed by atoms with van der Waals surface area (Å²) in [7, 11) is 0.636. The number of ether oxygens (including phenoxy) is 2.